The molecule has 0 spiro atoms. The van der Waals surface area contributed by atoms with E-state index in [1.807, 2.05) is 6.07 Å². The minimum atomic E-state index is -0.790. The Morgan fingerprint density at radius 2 is 2.05 bits per heavy atom. The number of phenols is 1. The molecule has 2 rings (SSSR count). The van der Waals surface area contributed by atoms with Gasteiger partial charge in [0.1, 0.15) is 5.75 Å². The van der Waals surface area contributed by atoms with Crippen LogP contribution in [0.4, 0.5) is 0 Å². The first-order chi connectivity index (χ1) is 8.74. The Labute approximate surface area is 114 Å². The molecular weight excluding hydrogens is 240 g/mol. The van der Waals surface area contributed by atoms with Gasteiger partial charge < -0.3 is 10.8 Å². The van der Waals surface area contributed by atoms with E-state index in [0.717, 1.165) is 12.0 Å². The van der Waals surface area contributed by atoms with Crippen LogP contribution in [0, 0.1) is 6.92 Å². The Hall–Kier alpha value is -1.55. The van der Waals surface area contributed by atoms with Crippen LogP contribution in [0.15, 0.2) is 12.1 Å². The lowest BCUT2D eigenvalue weighted by Gasteiger charge is -2.27. The van der Waals surface area contributed by atoms with Crippen molar-refractivity contribution in [2.45, 2.75) is 51.6 Å². The fourth-order valence-corrected chi connectivity index (χ4v) is 2.98. The number of carbonyl (C=O) groups is 1. The van der Waals surface area contributed by atoms with E-state index < -0.39 is 5.54 Å². The first kappa shape index (κ1) is 13.9. The van der Waals surface area contributed by atoms with Gasteiger partial charge in [-0.2, -0.15) is 0 Å². The predicted molar refractivity (Wildman–Crippen MR) is 75.0 cm³/mol. The van der Waals surface area contributed by atoms with Crippen LogP contribution >= 0.6 is 0 Å². The predicted octanol–water partition coefficient (Wildman–Crippen LogP) is 2.10. The van der Waals surface area contributed by atoms with Crippen molar-refractivity contribution in [3.8, 4) is 5.75 Å². The number of fused-ring (bicyclic) bond motifs is 1. The number of nitrogens with one attached hydrogen (secondary N) is 1. The largest absolute Gasteiger partial charge is 0.508 e. The number of hydrogen-bond acceptors (Lipinski definition) is 3. The Bertz CT molecular complexity index is 523. The van der Waals surface area contributed by atoms with E-state index in [1.54, 1.807) is 19.9 Å². The van der Waals surface area contributed by atoms with Crippen LogP contribution in [0.3, 0.4) is 0 Å². The van der Waals surface area contributed by atoms with E-state index in [9.17, 15) is 9.90 Å². The molecule has 104 valence electrons. The summed E-state index contributed by atoms with van der Waals surface area (Å²) in [7, 11) is 0. The number of aryl methyl sites for hydroxylation is 1. The Morgan fingerprint density at radius 1 is 1.42 bits per heavy atom. The van der Waals surface area contributed by atoms with Crippen LogP contribution in [-0.2, 0) is 4.79 Å². The Morgan fingerprint density at radius 3 is 2.63 bits per heavy atom. The topological polar surface area (TPSA) is 75.3 Å². The van der Waals surface area contributed by atoms with E-state index in [0.29, 0.717) is 11.7 Å². The monoisotopic (exact) mass is 262 g/mol. The molecule has 2 atom stereocenters. The molecule has 1 aliphatic rings. The molecular formula is C15H22N2O2. The molecule has 0 saturated heterocycles. The van der Waals surface area contributed by atoms with Crippen LogP contribution < -0.4 is 11.1 Å². The lowest BCUT2D eigenvalue weighted by Crippen LogP contribution is -2.51. The zero-order valence-electron chi connectivity index (χ0n) is 11.9. The molecule has 19 heavy (non-hydrogen) atoms. The lowest BCUT2D eigenvalue weighted by atomic mass is 9.97. The third kappa shape index (κ3) is 2.32. The number of rotatable bonds is 3. The second-order valence-corrected chi connectivity index (χ2v) is 6.05. The van der Waals surface area contributed by atoms with Crippen molar-refractivity contribution in [2.75, 3.05) is 0 Å². The zero-order chi connectivity index (χ0) is 14.4. The fourth-order valence-electron chi connectivity index (χ4n) is 2.98. The molecule has 1 aromatic rings. The molecule has 4 nitrogen and oxygen atoms in total. The summed E-state index contributed by atoms with van der Waals surface area (Å²) < 4.78 is 0. The number of phenolic OH excluding ortho intramolecular Hbond substituents is 1. The minimum Gasteiger partial charge on any atom is -0.508 e. The average molecular weight is 262 g/mol. The normalized spacial score (nSPS) is 22.3. The highest BCUT2D eigenvalue weighted by molar-refractivity contribution is 5.83. The third-order valence-corrected chi connectivity index (χ3v) is 4.06. The van der Waals surface area contributed by atoms with E-state index in [1.165, 1.54) is 11.1 Å². The smallest absolute Gasteiger partial charge is 0.237 e. The van der Waals surface area contributed by atoms with Crippen molar-refractivity contribution >= 4 is 5.91 Å². The van der Waals surface area contributed by atoms with Crippen LogP contribution in [0.1, 0.15) is 55.8 Å². The van der Waals surface area contributed by atoms with Crippen molar-refractivity contribution in [1.82, 2.24) is 5.32 Å². The van der Waals surface area contributed by atoms with Crippen molar-refractivity contribution < 1.29 is 9.90 Å². The SMILES string of the molecule is Cc1ccc(O)c2c1C(C)CC2NC(C)(C)C(N)=O. The minimum absolute atomic E-state index is 0.0348. The summed E-state index contributed by atoms with van der Waals surface area (Å²) in [5.74, 6) is 0.270. The number of aromatic hydroxyl groups is 1. The van der Waals surface area contributed by atoms with Crippen LogP contribution in [0.5, 0.6) is 5.75 Å². The van der Waals surface area contributed by atoms with Crippen LogP contribution in [-0.4, -0.2) is 16.6 Å². The molecule has 0 radical (unpaired) electrons. The molecule has 2 unspecified atom stereocenters. The molecule has 1 aromatic carbocycles. The summed E-state index contributed by atoms with van der Waals surface area (Å²) in [6, 6.07) is 3.62. The number of benzene rings is 1. The summed E-state index contributed by atoms with van der Waals surface area (Å²) in [4.78, 5) is 11.5. The summed E-state index contributed by atoms with van der Waals surface area (Å²) in [5, 5.41) is 13.4. The third-order valence-electron chi connectivity index (χ3n) is 4.06. The average Bonchev–Trinajstić information content (AvgIpc) is 2.61. The Kier molecular flexibility index (Phi) is 3.31. The summed E-state index contributed by atoms with van der Waals surface area (Å²) >= 11 is 0. The van der Waals surface area contributed by atoms with Crippen molar-refractivity contribution in [3.63, 3.8) is 0 Å². The first-order valence-electron chi connectivity index (χ1n) is 6.64. The summed E-state index contributed by atoms with van der Waals surface area (Å²) in [5.41, 5.74) is 7.91. The molecule has 4 N–H and O–H groups in total. The highest BCUT2D eigenvalue weighted by atomic mass is 16.3. The van der Waals surface area contributed by atoms with E-state index in [4.69, 9.17) is 5.73 Å². The summed E-state index contributed by atoms with van der Waals surface area (Å²) in [6.45, 7) is 7.73. The molecule has 4 heteroatoms. The number of nitrogens with two attached hydrogens (primary N) is 1. The lowest BCUT2D eigenvalue weighted by molar-refractivity contribution is -0.123. The highest BCUT2D eigenvalue weighted by Gasteiger charge is 2.36. The molecule has 0 heterocycles. The van der Waals surface area contributed by atoms with Crippen molar-refractivity contribution in [2.24, 2.45) is 5.73 Å². The highest BCUT2D eigenvalue weighted by Crippen LogP contribution is 2.46. The van der Waals surface area contributed by atoms with Crippen molar-refractivity contribution in [3.05, 3.63) is 28.8 Å². The summed E-state index contributed by atoms with van der Waals surface area (Å²) in [6.07, 6.45) is 0.866. The second-order valence-electron chi connectivity index (χ2n) is 6.05. The molecule has 0 bridgehead atoms. The van der Waals surface area contributed by atoms with Gasteiger partial charge in [0.15, 0.2) is 0 Å². The quantitative estimate of drug-likeness (QED) is 0.781. The molecule has 0 aromatic heterocycles. The van der Waals surface area contributed by atoms with E-state index in [2.05, 4.69) is 19.2 Å². The van der Waals surface area contributed by atoms with Gasteiger partial charge in [0.2, 0.25) is 5.91 Å². The van der Waals surface area contributed by atoms with E-state index >= 15 is 0 Å². The van der Waals surface area contributed by atoms with E-state index in [-0.39, 0.29) is 11.9 Å². The zero-order valence-corrected chi connectivity index (χ0v) is 11.9. The molecule has 0 aliphatic heterocycles. The van der Waals surface area contributed by atoms with Crippen molar-refractivity contribution in [1.29, 1.82) is 0 Å². The molecule has 0 fully saturated rings. The number of primary amides is 1. The van der Waals surface area contributed by atoms with Gasteiger partial charge in [-0.15, -0.1) is 0 Å². The number of amides is 1. The van der Waals surface area contributed by atoms with Gasteiger partial charge in [-0.25, -0.2) is 0 Å². The van der Waals surface area contributed by atoms with Gasteiger partial charge in [0.05, 0.1) is 5.54 Å². The van der Waals surface area contributed by atoms with Gasteiger partial charge >= 0.3 is 0 Å². The van der Waals surface area contributed by atoms with Crippen LogP contribution in [0.25, 0.3) is 0 Å². The first-order valence-corrected chi connectivity index (χ1v) is 6.64. The maximum Gasteiger partial charge on any atom is 0.237 e. The molecule has 0 saturated carbocycles. The maximum atomic E-state index is 11.5. The fraction of sp³-hybridized carbons (Fsp3) is 0.533. The van der Waals surface area contributed by atoms with Gasteiger partial charge in [-0.05, 0) is 50.3 Å². The molecule has 1 aliphatic carbocycles. The Balaban J connectivity index is 2.40. The number of hydrogen-bond donors (Lipinski definition) is 3. The number of carbonyl (C=O) groups excluding carboxylic acids is 1. The second kappa shape index (κ2) is 4.53. The maximum absolute atomic E-state index is 11.5. The van der Waals surface area contributed by atoms with Gasteiger partial charge in [0, 0.05) is 11.6 Å². The van der Waals surface area contributed by atoms with Gasteiger partial charge in [-0.1, -0.05) is 13.0 Å². The standard InChI is InChI=1S/C15H22N2O2/c1-8-5-6-11(18)13-10(7-9(2)12(8)13)17-15(3,4)14(16)19/h5-6,9-10,17-18H,7H2,1-4H3,(H2,16,19). The van der Waals surface area contributed by atoms with Crippen LogP contribution in [0.2, 0.25) is 0 Å². The van der Waals surface area contributed by atoms with Gasteiger partial charge in [0.25, 0.3) is 0 Å². The van der Waals surface area contributed by atoms with Gasteiger partial charge in [-0.3, -0.25) is 10.1 Å². The molecule has 1 amide bonds.